The van der Waals surface area contributed by atoms with Crippen molar-refractivity contribution in [2.24, 2.45) is 0 Å². The molecule has 2 N–H and O–H groups in total. The number of aromatic nitrogens is 1. The number of rotatable bonds is 6. The van der Waals surface area contributed by atoms with Crippen LogP contribution in [0.25, 0.3) is 0 Å². The maximum Gasteiger partial charge on any atom is 0.357 e. The molecule has 0 saturated heterocycles. The SMILES string of the molecule is CC(OC(=O)c1ccccn1)C(=O)NCC(=O)Nc1ccc(F)c(F)c1F. The second kappa shape index (κ2) is 8.79. The number of ether oxygens (including phenoxy) is 1. The van der Waals surface area contributed by atoms with E-state index < -0.39 is 53.6 Å². The Hall–Kier alpha value is -3.43. The van der Waals surface area contributed by atoms with Gasteiger partial charge in [0.25, 0.3) is 5.91 Å². The fourth-order valence-electron chi connectivity index (χ4n) is 1.89. The Morgan fingerprint density at radius 2 is 1.85 bits per heavy atom. The van der Waals surface area contributed by atoms with Crippen LogP contribution >= 0.6 is 0 Å². The van der Waals surface area contributed by atoms with Crippen LogP contribution in [0.3, 0.4) is 0 Å². The van der Waals surface area contributed by atoms with Crippen molar-refractivity contribution in [1.29, 1.82) is 0 Å². The van der Waals surface area contributed by atoms with Crippen molar-refractivity contribution in [1.82, 2.24) is 10.3 Å². The van der Waals surface area contributed by atoms with Gasteiger partial charge in [0.15, 0.2) is 23.6 Å². The summed E-state index contributed by atoms with van der Waals surface area (Å²) >= 11 is 0. The lowest BCUT2D eigenvalue weighted by Crippen LogP contribution is -2.40. The Labute approximate surface area is 151 Å². The van der Waals surface area contributed by atoms with Crippen molar-refractivity contribution in [2.75, 3.05) is 11.9 Å². The first-order valence-electron chi connectivity index (χ1n) is 7.62. The molecule has 0 radical (unpaired) electrons. The van der Waals surface area contributed by atoms with Crippen LogP contribution in [0.1, 0.15) is 17.4 Å². The number of nitrogens with one attached hydrogen (secondary N) is 2. The van der Waals surface area contributed by atoms with Crippen LogP contribution < -0.4 is 10.6 Å². The van der Waals surface area contributed by atoms with E-state index in [1.54, 1.807) is 12.1 Å². The largest absolute Gasteiger partial charge is 0.448 e. The van der Waals surface area contributed by atoms with Gasteiger partial charge in [0, 0.05) is 6.20 Å². The highest BCUT2D eigenvalue weighted by Gasteiger charge is 2.20. The molecule has 0 aliphatic rings. The Morgan fingerprint density at radius 3 is 2.52 bits per heavy atom. The van der Waals surface area contributed by atoms with Gasteiger partial charge >= 0.3 is 5.97 Å². The lowest BCUT2D eigenvalue weighted by molar-refractivity contribution is -0.130. The number of anilines is 1. The number of carbonyl (C=O) groups is 3. The van der Waals surface area contributed by atoms with Crippen molar-refractivity contribution in [3.63, 3.8) is 0 Å². The summed E-state index contributed by atoms with van der Waals surface area (Å²) in [6.45, 7) is 0.672. The molecule has 0 spiro atoms. The van der Waals surface area contributed by atoms with Gasteiger partial charge in [0.2, 0.25) is 5.91 Å². The Kier molecular flexibility index (Phi) is 6.47. The highest BCUT2D eigenvalue weighted by molar-refractivity contribution is 5.96. The lowest BCUT2D eigenvalue weighted by atomic mass is 10.2. The van der Waals surface area contributed by atoms with E-state index in [1.807, 2.05) is 5.32 Å². The quantitative estimate of drug-likeness (QED) is 0.588. The summed E-state index contributed by atoms with van der Waals surface area (Å²) in [6.07, 6.45) is 0.149. The van der Waals surface area contributed by atoms with Crippen LogP contribution in [-0.2, 0) is 14.3 Å². The van der Waals surface area contributed by atoms with Crippen molar-refractivity contribution in [3.8, 4) is 0 Å². The molecular formula is C17H14F3N3O4. The molecule has 27 heavy (non-hydrogen) atoms. The Balaban J connectivity index is 1.85. The van der Waals surface area contributed by atoms with E-state index in [2.05, 4.69) is 10.3 Å². The van der Waals surface area contributed by atoms with Gasteiger partial charge in [0.1, 0.15) is 5.69 Å². The van der Waals surface area contributed by atoms with E-state index in [4.69, 9.17) is 4.74 Å². The molecule has 1 aromatic carbocycles. The Bertz CT molecular complexity index is 862. The van der Waals surface area contributed by atoms with Gasteiger partial charge in [-0.2, -0.15) is 0 Å². The van der Waals surface area contributed by atoms with Gasteiger partial charge in [-0.1, -0.05) is 6.07 Å². The highest BCUT2D eigenvalue weighted by atomic mass is 19.2. The van der Waals surface area contributed by atoms with Gasteiger partial charge in [-0.3, -0.25) is 9.59 Å². The molecule has 7 nitrogen and oxygen atoms in total. The van der Waals surface area contributed by atoms with Gasteiger partial charge in [0.05, 0.1) is 12.2 Å². The number of halogens is 3. The fourth-order valence-corrected chi connectivity index (χ4v) is 1.89. The summed E-state index contributed by atoms with van der Waals surface area (Å²) in [5.74, 6) is -7.20. The van der Waals surface area contributed by atoms with E-state index in [-0.39, 0.29) is 5.69 Å². The van der Waals surface area contributed by atoms with E-state index in [0.29, 0.717) is 6.07 Å². The average Bonchev–Trinajstić information content (AvgIpc) is 2.67. The summed E-state index contributed by atoms with van der Waals surface area (Å²) in [4.78, 5) is 39.1. The number of pyridine rings is 1. The molecule has 1 heterocycles. The topological polar surface area (TPSA) is 97.4 Å². The summed E-state index contributed by atoms with van der Waals surface area (Å²) in [7, 11) is 0. The molecule has 1 aromatic heterocycles. The fraction of sp³-hybridized carbons (Fsp3) is 0.176. The molecule has 0 aliphatic carbocycles. The van der Waals surface area contributed by atoms with Gasteiger partial charge in [-0.15, -0.1) is 0 Å². The third-order valence-corrected chi connectivity index (χ3v) is 3.26. The summed E-state index contributed by atoms with van der Waals surface area (Å²) in [5, 5.41) is 4.15. The molecule has 1 unspecified atom stereocenters. The number of benzene rings is 1. The van der Waals surface area contributed by atoms with E-state index in [9.17, 15) is 27.6 Å². The molecule has 142 valence electrons. The van der Waals surface area contributed by atoms with Crippen LogP contribution in [0.15, 0.2) is 36.5 Å². The van der Waals surface area contributed by atoms with E-state index in [0.717, 1.165) is 6.07 Å². The minimum atomic E-state index is -1.73. The first-order chi connectivity index (χ1) is 12.8. The van der Waals surface area contributed by atoms with Gasteiger partial charge < -0.3 is 15.4 Å². The van der Waals surface area contributed by atoms with Gasteiger partial charge in [-0.05, 0) is 31.2 Å². The van der Waals surface area contributed by atoms with Gasteiger partial charge in [-0.25, -0.2) is 22.9 Å². The molecule has 1 atom stereocenters. The number of esters is 1. The zero-order valence-corrected chi connectivity index (χ0v) is 14.0. The normalized spacial score (nSPS) is 11.4. The standard InChI is InChI=1S/C17H14F3N3O4/c1-9(27-17(26)12-4-2-3-7-21-12)16(25)22-8-13(24)23-11-6-5-10(18)14(19)15(11)20/h2-7,9H,8H2,1H3,(H,22,25)(H,23,24). The molecule has 2 aromatic rings. The molecule has 0 aliphatic heterocycles. The average molecular weight is 381 g/mol. The van der Waals surface area contributed by atoms with Crippen LogP contribution in [0.5, 0.6) is 0 Å². The minimum absolute atomic E-state index is 0.00343. The molecule has 0 fully saturated rings. The van der Waals surface area contributed by atoms with Crippen molar-refractivity contribution in [3.05, 3.63) is 59.7 Å². The number of carbonyl (C=O) groups excluding carboxylic acids is 3. The first-order valence-corrected chi connectivity index (χ1v) is 7.62. The lowest BCUT2D eigenvalue weighted by Gasteiger charge is -2.13. The zero-order chi connectivity index (χ0) is 20.0. The van der Waals surface area contributed by atoms with E-state index in [1.165, 1.54) is 19.2 Å². The molecule has 2 rings (SSSR count). The zero-order valence-electron chi connectivity index (χ0n) is 14.0. The predicted molar refractivity (Wildman–Crippen MR) is 87.1 cm³/mol. The Morgan fingerprint density at radius 1 is 1.11 bits per heavy atom. The number of nitrogens with zero attached hydrogens (tertiary/aromatic N) is 1. The maximum absolute atomic E-state index is 13.5. The highest BCUT2D eigenvalue weighted by Crippen LogP contribution is 2.19. The van der Waals surface area contributed by atoms with Crippen molar-refractivity contribution >= 4 is 23.5 Å². The number of amides is 2. The van der Waals surface area contributed by atoms with Crippen LogP contribution in [0.4, 0.5) is 18.9 Å². The maximum atomic E-state index is 13.5. The monoisotopic (exact) mass is 381 g/mol. The predicted octanol–water partition coefficient (Wildman–Crippen LogP) is 1.80. The summed E-state index contributed by atoms with van der Waals surface area (Å²) in [5.41, 5.74) is -0.577. The number of hydrogen-bond donors (Lipinski definition) is 2. The molecule has 0 bridgehead atoms. The minimum Gasteiger partial charge on any atom is -0.448 e. The first kappa shape index (κ1) is 19.9. The number of hydrogen-bond acceptors (Lipinski definition) is 5. The second-order valence-corrected chi connectivity index (χ2v) is 5.25. The van der Waals surface area contributed by atoms with Crippen molar-refractivity contribution < 1.29 is 32.3 Å². The van der Waals surface area contributed by atoms with Crippen LogP contribution in [-0.4, -0.2) is 35.4 Å². The van der Waals surface area contributed by atoms with Crippen LogP contribution in [0, 0.1) is 17.5 Å². The second-order valence-electron chi connectivity index (χ2n) is 5.25. The smallest absolute Gasteiger partial charge is 0.357 e. The third-order valence-electron chi connectivity index (χ3n) is 3.26. The summed E-state index contributed by atoms with van der Waals surface area (Å²) < 4.78 is 44.3. The third kappa shape index (κ3) is 5.27. The molecular weight excluding hydrogens is 367 g/mol. The molecule has 0 saturated carbocycles. The summed E-state index contributed by atoms with van der Waals surface area (Å²) in [6, 6.07) is 6.05. The molecule has 2 amide bonds. The van der Waals surface area contributed by atoms with Crippen molar-refractivity contribution in [2.45, 2.75) is 13.0 Å². The molecule has 10 heteroatoms. The van der Waals surface area contributed by atoms with Crippen LogP contribution in [0.2, 0.25) is 0 Å². The van der Waals surface area contributed by atoms with E-state index >= 15 is 0 Å².